The molecule has 4 rings (SSSR count). The fourth-order valence-electron chi connectivity index (χ4n) is 14.5. The van der Waals surface area contributed by atoms with Crippen molar-refractivity contribution in [3.05, 3.63) is 30.3 Å². The number of hydrogen-bond donors (Lipinski definition) is 1. The lowest BCUT2D eigenvalue weighted by Gasteiger charge is -2.64. The van der Waals surface area contributed by atoms with Crippen molar-refractivity contribution in [3.8, 4) is 0 Å². The maximum Gasteiger partial charge on any atom is 0.333 e. The summed E-state index contributed by atoms with van der Waals surface area (Å²) in [5, 5.41) is 1.12. The van der Waals surface area contributed by atoms with Gasteiger partial charge < -0.3 is 4.98 Å². The number of unbranched alkanes of at least 4 members (excludes halogenated alkanes) is 37. The van der Waals surface area contributed by atoms with Crippen molar-refractivity contribution in [3.63, 3.8) is 0 Å². The molecule has 2 aromatic rings. The molecule has 3 amide bonds. The Morgan fingerprint density at radius 3 is 1.07 bits per heavy atom. The van der Waals surface area contributed by atoms with Gasteiger partial charge in [-0.1, -0.05) is 323 Å². The third-order valence-electron chi connectivity index (χ3n) is 18.7. The van der Waals surface area contributed by atoms with Crippen molar-refractivity contribution >= 4 is 28.7 Å². The third-order valence-corrected chi connectivity index (χ3v) is 18.7. The molecule has 0 bridgehead atoms. The smallest absolute Gasteiger partial charge is 0.333 e. The van der Waals surface area contributed by atoms with Crippen LogP contribution >= 0.6 is 0 Å². The van der Waals surface area contributed by atoms with E-state index in [9.17, 15) is 0 Å². The average Bonchev–Trinajstić information content (AvgIpc) is 3.91. The van der Waals surface area contributed by atoms with Crippen molar-refractivity contribution in [1.29, 1.82) is 0 Å². The van der Waals surface area contributed by atoms with E-state index in [2.05, 4.69) is 86.7 Å². The maximum absolute atomic E-state index is 16.4. The van der Waals surface area contributed by atoms with E-state index in [-0.39, 0.29) is 23.0 Å². The predicted octanol–water partition coefficient (Wildman–Crippen LogP) is 22.3. The van der Waals surface area contributed by atoms with Gasteiger partial charge in [-0.15, -0.1) is 0 Å². The van der Waals surface area contributed by atoms with E-state index in [0.717, 1.165) is 74.6 Å². The molecule has 0 unspecified atom stereocenters. The first kappa shape index (κ1) is 65.2. The van der Waals surface area contributed by atoms with Crippen LogP contribution in [-0.4, -0.2) is 56.4 Å². The van der Waals surface area contributed by atoms with Crippen LogP contribution < -0.4 is 4.90 Å². The van der Waals surface area contributed by atoms with Crippen molar-refractivity contribution in [1.82, 2.24) is 14.8 Å². The highest BCUT2D eigenvalue weighted by atomic mass is 16.2. The molecule has 2 aliphatic rings. The van der Waals surface area contributed by atoms with Gasteiger partial charge in [0.25, 0.3) is 5.91 Å². The molecule has 0 atom stereocenters. The fourth-order valence-corrected chi connectivity index (χ4v) is 14.5. The number of carbonyl (C=O) groups is 2. The highest BCUT2D eigenvalue weighted by Crippen LogP contribution is 2.57. The standard InChI is InChI=1S/C69H124N4O2/c1-7-13-18-23-28-33-34-39-44-51-58-71-65(74)69(73(66(71)75)64-59-62-52-45-46-53-63(62)70-64)60-67(54-47-40-35-29-24-19-14-8-2,55-48-41-36-30-25-20-15-9-3)72(12-6)68(61-69,56-49-42-37-31-26-21-16-10-4)57-50-43-38-32-27-22-17-11-5/h45-46,52-53,59,70H,7-44,47-51,54-58,60-61H2,1-6H3. The normalized spacial score (nSPS) is 16.5. The molecule has 2 fully saturated rings. The lowest BCUT2D eigenvalue weighted by molar-refractivity contribution is -0.147. The molecule has 1 N–H and O–H groups in total. The Kier molecular flexibility index (Phi) is 34.0. The maximum atomic E-state index is 16.4. The molecule has 0 radical (unpaired) electrons. The first-order valence-corrected chi connectivity index (χ1v) is 33.8. The number of piperidine rings is 1. The van der Waals surface area contributed by atoms with Crippen molar-refractivity contribution in [2.75, 3.05) is 18.0 Å². The SMILES string of the molecule is CCCCCCCCCCCCN1C(=O)N(c2cc3ccccc3[nH]2)C2(CC(CCCCCCCCCC)(CCCCCCCCCC)N(CC)C(CCCCCCCCCC)(CCCCCCCCCC)C2)C1=O. The van der Waals surface area contributed by atoms with E-state index in [1.807, 2.05) is 0 Å². The van der Waals surface area contributed by atoms with Gasteiger partial charge in [0.2, 0.25) is 0 Å². The van der Waals surface area contributed by atoms with Crippen LogP contribution in [0.2, 0.25) is 0 Å². The van der Waals surface area contributed by atoms with Gasteiger partial charge in [-0.25, -0.2) is 4.79 Å². The van der Waals surface area contributed by atoms with Crippen LogP contribution in [0.25, 0.3) is 10.9 Å². The lowest BCUT2D eigenvalue weighted by atomic mass is 9.60. The molecule has 3 heterocycles. The first-order chi connectivity index (χ1) is 36.8. The molecule has 1 aromatic carbocycles. The number of H-pyrrole nitrogens is 1. The zero-order valence-corrected chi connectivity index (χ0v) is 50.9. The molecule has 6 heteroatoms. The summed E-state index contributed by atoms with van der Waals surface area (Å²) < 4.78 is 0. The van der Waals surface area contributed by atoms with Crippen molar-refractivity contribution < 1.29 is 9.59 Å². The number of urea groups is 1. The van der Waals surface area contributed by atoms with Gasteiger partial charge in [-0.05, 0) is 63.6 Å². The Labute approximate surface area is 465 Å². The van der Waals surface area contributed by atoms with Crippen LogP contribution in [0.3, 0.4) is 0 Å². The predicted molar refractivity (Wildman–Crippen MR) is 328 cm³/mol. The number of amides is 3. The number of rotatable bonds is 49. The monoisotopic (exact) mass is 1040 g/mol. The number of benzene rings is 1. The highest BCUT2D eigenvalue weighted by molar-refractivity contribution is 6.17. The summed E-state index contributed by atoms with van der Waals surface area (Å²) in [6.07, 6.45) is 60.4. The zero-order chi connectivity index (χ0) is 53.7. The Hall–Kier alpha value is -2.34. The number of carbonyl (C=O) groups excluding carboxylic acids is 2. The number of imide groups is 1. The quantitative estimate of drug-likeness (QED) is 0.0531. The summed E-state index contributed by atoms with van der Waals surface area (Å²) >= 11 is 0. The van der Waals surface area contributed by atoms with Crippen LogP contribution in [0.1, 0.15) is 350 Å². The molecule has 2 saturated heterocycles. The van der Waals surface area contributed by atoms with E-state index in [1.165, 1.54) is 257 Å². The molecular weight excluding hydrogens is 917 g/mol. The van der Waals surface area contributed by atoms with Crippen molar-refractivity contribution in [2.24, 2.45) is 0 Å². The molecule has 1 spiro atoms. The highest BCUT2D eigenvalue weighted by Gasteiger charge is 2.68. The van der Waals surface area contributed by atoms with Gasteiger partial charge >= 0.3 is 6.03 Å². The molecule has 0 saturated carbocycles. The second-order valence-electron chi connectivity index (χ2n) is 25.0. The van der Waals surface area contributed by atoms with Crippen molar-refractivity contribution in [2.45, 2.75) is 366 Å². The summed E-state index contributed by atoms with van der Waals surface area (Å²) in [5.41, 5.74) is -0.200. The number of aromatic amines is 1. The van der Waals surface area contributed by atoms with E-state index in [4.69, 9.17) is 0 Å². The summed E-state index contributed by atoms with van der Waals surface area (Å²) in [7, 11) is 0. The summed E-state index contributed by atoms with van der Waals surface area (Å²) in [6.45, 7) is 15.6. The first-order valence-electron chi connectivity index (χ1n) is 33.8. The molecule has 1 aromatic heterocycles. The molecular formula is C69H124N4O2. The Morgan fingerprint density at radius 1 is 0.413 bits per heavy atom. The minimum absolute atomic E-state index is 0.0615. The van der Waals surface area contributed by atoms with Gasteiger partial charge in [-0.2, -0.15) is 0 Å². The van der Waals surface area contributed by atoms with Crippen LogP contribution in [0.15, 0.2) is 30.3 Å². The van der Waals surface area contributed by atoms with Gasteiger partial charge in [0.05, 0.1) is 0 Å². The lowest BCUT2D eigenvalue weighted by Crippen LogP contribution is -2.73. The molecule has 75 heavy (non-hydrogen) atoms. The third kappa shape index (κ3) is 21.7. The number of nitrogens with zero attached hydrogens (tertiary/aromatic N) is 3. The number of nitrogens with one attached hydrogen (secondary N) is 1. The Bertz CT molecular complexity index is 1610. The van der Waals surface area contributed by atoms with Gasteiger partial charge in [-0.3, -0.25) is 19.5 Å². The van der Waals surface area contributed by atoms with Crippen LogP contribution in [0, 0.1) is 0 Å². The minimum atomic E-state index is -0.928. The molecule has 2 aliphatic heterocycles. The summed E-state index contributed by atoms with van der Waals surface area (Å²) in [5.74, 6) is 0.969. The number of aromatic nitrogens is 1. The van der Waals surface area contributed by atoms with E-state index >= 15 is 9.59 Å². The van der Waals surface area contributed by atoms with E-state index in [0.29, 0.717) is 6.54 Å². The molecule has 0 aliphatic carbocycles. The summed E-state index contributed by atoms with van der Waals surface area (Å²) in [6, 6.07) is 10.7. The Balaban J connectivity index is 1.81. The topological polar surface area (TPSA) is 59.7 Å². The van der Waals surface area contributed by atoms with Crippen LogP contribution in [0.5, 0.6) is 0 Å². The average molecular weight is 1040 g/mol. The molecule has 6 nitrogen and oxygen atoms in total. The number of hydrogen-bond acceptors (Lipinski definition) is 3. The second kappa shape index (κ2) is 39.1. The largest absolute Gasteiger partial charge is 0.341 e. The minimum Gasteiger partial charge on any atom is -0.341 e. The van der Waals surface area contributed by atoms with Gasteiger partial charge in [0.15, 0.2) is 0 Å². The van der Waals surface area contributed by atoms with Gasteiger partial charge in [0, 0.05) is 28.5 Å². The van der Waals surface area contributed by atoms with Crippen LogP contribution in [0.4, 0.5) is 10.6 Å². The van der Waals surface area contributed by atoms with Crippen LogP contribution in [-0.2, 0) is 4.79 Å². The molecule has 432 valence electrons. The number of likely N-dealkylation sites (tertiary alicyclic amines) is 1. The Morgan fingerprint density at radius 2 is 0.733 bits per heavy atom. The fraction of sp³-hybridized carbons (Fsp3) is 0.855. The summed E-state index contributed by atoms with van der Waals surface area (Å²) in [4.78, 5) is 43.0. The van der Waals surface area contributed by atoms with E-state index in [1.54, 1.807) is 4.90 Å². The number of fused-ring (bicyclic) bond motifs is 1. The number of para-hydroxylation sites is 1. The van der Waals surface area contributed by atoms with Gasteiger partial charge in [0.1, 0.15) is 11.4 Å². The zero-order valence-electron chi connectivity index (χ0n) is 50.9. The van der Waals surface area contributed by atoms with E-state index < -0.39 is 5.54 Å². The second-order valence-corrected chi connectivity index (χ2v) is 25.0. The number of anilines is 1.